The Kier molecular flexibility index (Phi) is 6.45. The van der Waals surface area contributed by atoms with Crippen molar-refractivity contribution in [2.24, 2.45) is 11.8 Å². The van der Waals surface area contributed by atoms with Gasteiger partial charge < -0.3 is 23.9 Å². The molecule has 0 fully saturated rings. The summed E-state index contributed by atoms with van der Waals surface area (Å²) in [5.74, 6) is -2.35. The van der Waals surface area contributed by atoms with Crippen LogP contribution in [-0.2, 0) is 28.6 Å². The second kappa shape index (κ2) is 8.87. The summed E-state index contributed by atoms with van der Waals surface area (Å²) in [4.78, 5) is 38.7. The van der Waals surface area contributed by atoms with Crippen LogP contribution in [0.4, 0.5) is 0 Å². The average Bonchev–Trinajstić information content (AvgIpc) is 3.12. The van der Waals surface area contributed by atoms with Crippen molar-refractivity contribution in [1.82, 2.24) is 5.32 Å². The number of rotatable bonds is 6. The Labute approximate surface area is 175 Å². The molecule has 3 atom stereocenters. The third-order valence-electron chi connectivity index (χ3n) is 5.53. The molecule has 0 aromatic carbocycles. The second-order valence-electron chi connectivity index (χ2n) is 7.61. The number of ether oxygens (including phenoxy) is 3. The van der Waals surface area contributed by atoms with E-state index in [0.717, 1.165) is 0 Å². The highest BCUT2D eigenvalue weighted by Gasteiger charge is 2.48. The smallest absolute Gasteiger partial charge is 0.336 e. The van der Waals surface area contributed by atoms with Crippen LogP contribution in [-0.4, -0.2) is 45.2 Å². The van der Waals surface area contributed by atoms with E-state index in [2.05, 4.69) is 5.32 Å². The van der Waals surface area contributed by atoms with E-state index in [1.54, 1.807) is 26.0 Å². The number of esters is 2. The fourth-order valence-electron chi connectivity index (χ4n) is 4.14. The summed E-state index contributed by atoms with van der Waals surface area (Å²) in [6.07, 6.45) is 0.473. The topological polar surface area (TPSA) is 104 Å². The first kappa shape index (κ1) is 21.8. The minimum Gasteiger partial charge on any atom is -0.468 e. The standard InChI is InChI=1S/C22H27NO7/c1-11-10-14-18(20(24)16(11)21(25)28-5)19(15-7-6-12(2)30-15)17(13(3)23-14)22(26)29-9-8-27-4/h6-7,11,16,19,23H,8-10H2,1-5H3/t11-,16-,19+/m0/s1. The summed E-state index contributed by atoms with van der Waals surface area (Å²) in [5.41, 5.74) is 1.91. The first-order chi connectivity index (χ1) is 14.3. The van der Waals surface area contributed by atoms with Gasteiger partial charge in [-0.2, -0.15) is 0 Å². The normalized spacial score (nSPS) is 23.8. The number of methoxy groups -OCH3 is 2. The minimum absolute atomic E-state index is 0.0810. The van der Waals surface area contributed by atoms with E-state index in [4.69, 9.17) is 18.6 Å². The Balaban J connectivity index is 2.08. The number of hydrogen-bond acceptors (Lipinski definition) is 8. The quantitative estimate of drug-likeness (QED) is 0.427. The molecular weight excluding hydrogens is 390 g/mol. The molecular formula is C22H27NO7. The van der Waals surface area contributed by atoms with Gasteiger partial charge in [0.15, 0.2) is 5.78 Å². The Morgan fingerprint density at radius 3 is 2.53 bits per heavy atom. The molecule has 3 rings (SSSR count). The van der Waals surface area contributed by atoms with Crippen molar-refractivity contribution < 1.29 is 33.0 Å². The van der Waals surface area contributed by atoms with Crippen molar-refractivity contribution >= 4 is 17.7 Å². The van der Waals surface area contributed by atoms with Gasteiger partial charge in [0.25, 0.3) is 0 Å². The predicted octanol–water partition coefficient (Wildman–Crippen LogP) is 2.39. The van der Waals surface area contributed by atoms with Gasteiger partial charge in [-0.05, 0) is 38.3 Å². The fourth-order valence-corrected chi connectivity index (χ4v) is 4.14. The van der Waals surface area contributed by atoms with Crippen LogP contribution in [0.25, 0.3) is 0 Å². The van der Waals surface area contributed by atoms with Gasteiger partial charge in [-0.25, -0.2) is 4.79 Å². The highest BCUT2D eigenvalue weighted by atomic mass is 16.6. The van der Waals surface area contributed by atoms with Crippen LogP contribution >= 0.6 is 0 Å². The van der Waals surface area contributed by atoms with E-state index in [-0.39, 0.29) is 30.5 Å². The van der Waals surface area contributed by atoms with Gasteiger partial charge in [0.1, 0.15) is 24.0 Å². The van der Waals surface area contributed by atoms with E-state index in [1.807, 2.05) is 6.92 Å². The number of allylic oxidation sites excluding steroid dienone is 3. The van der Waals surface area contributed by atoms with Crippen molar-refractivity contribution in [3.63, 3.8) is 0 Å². The maximum atomic E-state index is 13.5. The molecule has 1 aromatic heterocycles. The highest BCUT2D eigenvalue weighted by molar-refractivity contribution is 6.12. The number of carbonyl (C=O) groups excluding carboxylic acids is 3. The molecule has 0 bridgehead atoms. The maximum Gasteiger partial charge on any atom is 0.336 e. The number of carbonyl (C=O) groups is 3. The highest BCUT2D eigenvalue weighted by Crippen LogP contribution is 2.45. The minimum atomic E-state index is -0.932. The van der Waals surface area contributed by atoms with Crippen molar-refractivity contribution in [3.8, 4) is 0 Å². The lowest BCUT2D eigenvalue weighted by atomic mass is 9.70. The lowest BCUT2D eigenvalue weighted by Gasteiger charge is -2.37. The van der Waals surface area contributed by atoms with E-state index in [9.17, 15) is 14.4 Å². The van der Waals surface area contributed by atoms with Gasteiger partial charge in [0, 0.05) is 24.1 Å². The summed E-state index contributed by atoms with van der Waals surface area (Å²) < 4.78 is 21.0. The summed E-state index contributed by atoms with van der Waals surface area (Å²) in [6, 6.07) is 3.51. The Bertz CT molecular complexity index is 924. The van der Waals surface area contributed by atoms with Gasteiger partial charge in [-0.15, -0.1) is 0 Å². The molecule has 1 aromatic rings. The van der Waals surface area contributed by atoms with Crippen LogP contribution in [0, 0.1) is 18.8 Å². The molecule has 0 amide bonds. The van der Waals surface area contributed by atoms with Crippen LogP contribution in [0.1, 0.15) is 37.7 Å². The lowest BCUT2D eigenvalue weighted by molar-refractivity contribution is -0.151. The SMILES string of the molecule is COCCOC(=O)C1=C(C)NC2=C(C(=O)[C@@H](C(=O)OC)[C@@H](C)C2)[C@@H]1c1ccc(C)o1. The number of nitrogens with one attached hydrogen (secondary N) is 1. The number of dihydropyridines is 1. The first-order valence-corrected chi connectivity index (χ1v) is 9.85. The zero-order valence-electron chi connectivity index (χ0n) is 17.9. The molecule has 1 aliphatic heterocycles. The van der Waals surface area contributed by atoms with E-state index in [0.29, 0.717) is 34.9 Å². The number of aryl methyl sites for hydroxylation is 1. The number of ketones is 1. The molecule has 0 saturated heterocycles. The second-order valence-corrected chi connectivity index (χ2v) is 7.61. The van der Waals surface area contributed by atoms with Gasteiger partial charge in [-0.1, -0.05) is 6.92 Å². The largest absolute Gasteiger partial charge is 0.468 e. The Morgan fingerprint density at radius 1 is 1.20 bits per heavy atom. The van der Waals surface area contributed by atoms with Gasteiger partial charge >= 0.3 is 11.9 Å². The molecule has 0 unspecified atom stereocenters. The third kappa shape index (κ3) is 3.92. The molecule has 162 valence electrons. The van der Waals surface area contributed by atoms with Crippen molar-refractivity contribution in [1.29, 1.82) is 0 Å². The maximum absolute atomic E-state index is 13.5. The molecule has 1 aliphatic carbocycles. The zero-order valence-corrected chi connectivity index (χ0v) is 17.9. The molecule has 1 N–H and O–H groups in total. The van der Waals surface area contributed by atoms with Crippen molar-refractivity contribution in [3.05, 3.63) is 46.2 Å². The summed E-state index contributed by atoms with van der Waals surface area (Å²) in [5, 5.41) is 3.20. The third-order valence-corrected chi connectivity index (χ3v) is 5.53. The van der Waals surface area contributed by atoms with Gasteiger partial charge in [0.2, 0.25) is 0 Å². The molecule has 2 aliphatic rings. The molecule has 0 radical (unpaired) electrons. The van der Waals surface area contributed by atoms with E-state index < -0.39 is 23.8 Å². The molecule has 0 spiro atoms. The lowest BCUT2D eigenvalue weighted by Crippen LogP contribution is -2.43. The van der Waals surface area contributed by atoms with Gasteiger partial charge in [0.05, 0.1) is 25.2 Å². The summed E-state index contributed by atoms with van der Waals surface area (Å²) in [6.45, 7) is 5.73. The molecule has 8 nitrogen and oxygen atoms in total. The van der Waals surface area contributed by atoms with E-state index in [1.165, 1.54) is 14.2 Å². The molecule has 2 heterocycles. The number of Topliss-reactive ketones (excluding diaryl/α,β-unsaturated/α-hetero) is 1. The van der Waals surface area contributed by atoms with Crippen molar-refractivity contribution in [2.75, 3.05) is 27.4 Å². The monoisotopic (exact) mass is 417 g/mol. The van der Waals surface area contributed by atoms with Crippen LogP contribution in [0.5, 0.6) is 0 Å². The van der Waals surface area contributed by atoms with Crippen LogP contribution < -0.4 is 5.32 Å². The summed E-state index contributed by atoms with van der Waals surface area (Å²) >= 11 is 0. The van der Waals surface area contributed by atoms with Crippen molar-refractivity contribution in [2.45, 2.75) is 33.1 Å². The Hall–Kier alpha value is -2.87. The van der Waals surface area contributed by atoms with Crippen LogP contribution in [0.2, 0.25) is 0 Å². The molecule has 0 saturated carbocycles. The molecule has 8 heteroatoms. The average molecular weight is 417 g/mol. The first-order valence-electron chi connectivity index (χ1n) is 9.85. The van der Waals surface area contributed by atoms with Gasteiger partial charge in [-0.3, -0.25) is 9.59 Å². The summed E-state index contributed by atoms with van der Waals surface area (Å²) in [7, 11) is 2.78. The van der Waals surface area contributed by atoms with Crippen LogP contribution in [0.3, 0.4) is 0 Å². The van der Waals surface area contributed by atoms with Crippen LogP contribution in [0.15, 0.2) is 39.1 Å². The molecule has 30 heavy (non-hydrogen) atoms. The zero-order chi connectivity index (χ0) is 22.0. The Morgan fingerprint density at radius 2 is 1.93 bits per heavy atom. The number of hydrogen-bond donors (Lipinski definition) is 1. The predicted molar refractivity (Wildman–Crippen MR) is 106 cm³/mol. The fraction of sp³-hybridized carbons (Fsp3) is 0.500. The van der Waals surface area contributed by atoms with E-state index >= 15 is 0 Å². The number of furan rings is 1.